The molecule has 2 aliphatic rings. The van der Waals surface area contributed by atoms with Crippen LogP contribution in [0.25, 0.3) is 0 Å². The van der Waals surface area contributed by atoms with E-state index in [4.69, 9.17) is 0 Å². The zero-order valence-corrected chi connectivity index (χ0v) is 12.0. The van der Waals surface area contributed by atoms with Crippen molar-refractivity contribution in [1.82, 2.24) is 4.90 Å². The average molecular weight is 210 g/mol. The summed E-state index contributed by atoms with van der Waals surface area (Å²) in [5, 5.41) is 0. The Morgan fingerprint density at radius 3 is 3.00 bits per heavy atom. The van der Waals surface area contributed by atoms with Crippen LogP contribution in [0.5, 0.6) is 0 Å². The van der Waals surface area contributed by atoms with Crippen LogP contribution in [0.4, 0.5) is 0 Å². The van der Waals surface area contributed by atoms with Crippen LogP contribution in [0.3, 0.4) is 0 Å². The minimum Gasteiger partial charge on any atom is -0.330 e. The van der Waals surface area contributed by atoms with Gasteiger partial charge in [-0.3, -0.25) is 0 Å². The molecule has 0 N–H and O–H groups in total. The molecule has 2 heterocycles. The summed E-state index contributed by atoms with van der Waals surface area (Å²) in [6, 6.07) is 0. The Hall–Kier alpha value is 1.77. The van der Waals surface area contributed by atoms with Crippen molar-refractivity contribution in [3.63, 3.8) is 0 Å². The van der Waals surface area contributed by atoms with Crippen LogP contribution in [0.15, 0.2) is 0 Å². The van der Waals surface area contributed by atoms with Crippen LogP contribution in [0, 0.1) is 6.42 Å². The van der Waals surface area contributed by atoms with Gasteiger partial charge in [-0.2, -0.15) is 6.42 Å². The molecular weight excluding hydrogens is 196 g/mol. The predicted octanol–water partition coefficient (Wildman–Crippen LogP) is -1.55. The number of fused-ring (bicyclic) bond motifs is 1. The molecule has 0 aliphatic carbocycles. The summed E-state index contributed by atoms with van der Waals surface area (Å²) >= 11 is 0. The van der Waals surface area contributed by atoms with Gasteiger partial charge in [0.15, 0.2) is 0 Å². The van der Waals surface area contributed by atoms with Crippen molar-refractivity contribution in [1.29, 1.82) is 0 Å². The van der Waals surface area contributed by atoms with Gasteiger partial charge in [0.1, 0.15) is 0 Å². The average Bonchev–Trinajstić information content (AvgIpc) is 2.22. The van der Waals surface area contributed by atoms with Gasteiger partial charge < -0.3 is 11.3 Å². The number of rotatable bonds is 0. The van der Waals surface area contributed by atoms with E-state index in [2.05, 4.69) is 18.2 Å². The molecule has 2 aliphatic heterocycles. The van der Waals surface area contributed by atoms with Crippen molar-refractivity contribution in [2.45, 2.75) is 31.7 Å². The molecule has 0 saturated carbocycles. The summed E-state index contributed by atoms with van der Waals surface area (Å²) in [7, 11) is 0. The van der Waals surface area contributed by atoms with Gasteiger partial charge in [-0.25, -0.2) is 0 Å². The van der Waals surface area contributed by atoms with Gasteiger partial charge in [-0.15, -0.1) is 6.54 Å². The Bertz CT molecular complexity index is 114. The van der Waals surface area contributed by atoms with Crippen molar-refractivity contribution >= 4 is 0 Å². The van der Waals surface area contributed by atoms with Gasteiger partial charge in [0.25, 0.3) is 0 Å². The summed E-state index contributed by atoms with van der Waals surface area (Å²) in [5.74, 6) is 0. The van der Waals surface area contributed by atoms with Crippen LogP contribution in [-0.4, -0.2) is 23.5 Å². The molecule has 0 aromatic rings. The van der Waals surface area contributed by atoms with Crippen molar-refractivity contribution < 1.29 is 58.2 Å². The van der Waals surface area contributed by atoms with Crippen LogP contribution in [0.2, 0.25) is 0 Å². The SMILES string of the molecule is CC12C[CH-]CN1CCC2.[Rb+]. The minimum atomic E-state index is 0. The van der Waals surface area contributed by atoms with E-state index in [0.717, 1.165) is 0 Å². The maximum atomic E-state index is 2.60. The van der Waals surface area contributed by atoms with Crippen molar-refractivity contribution in [3.05, 3.63) is 6.42 Å². The maximum Gasteiger partial charge on any atom is 1.00 e. The quantitative estimate of drug-likeness (QED) is 0.437. The zero-order valence-electron chi connectivity index (χ0n) is 7.06. The molecule has 0 amide bonds. The summed E-state index contributed by atoms with van der Waals surface area (Å²) < 4.78 is 0. The summed E-state index contributed by atoms with van der Waals surface area (Å²) in [4.78, 5) is 2.60. The standard InChI is InChI=1S/C8H14N.Rb/c1-8-4-2-6-9(8)7-3-5-8;/h2H,3-7H2,1H3;/q-1;+1. The smallest absolute Gasteiger partial charge is 0.330 e. The van der Waals surface area contributed by atoms with Gasteiger partial charge in [-0.1, -0.05) is 0 Å². The Balaban J connectivity index is 0.000000500. The molecule has 10 heavy (non-hydrogen) atoms. The second-order valence-corrected chi connectivity index (χ2v) is 3.54. The van der Waals surface area contributed by atoms with E-state index in [0.29, 0.717) is 5.54 Å². The van der Waals surface area contributed by atoms with Crippen LogP contribution < -0.4 is 58.2 Å². The van der Waals surface area contributed by atoms with E-state index in [1.807, 2.05) is 0 Å². The van der Waals surface area contributed by atoms with Crippen LogP contribution in [-0.2, 0) is 0 Å². The molecule has 2 rings (SSSR count). The van der Waals surface area contributed by atoms with E-state index in [1.54, 1.807) is 0 Å². The topological polar surface area (TPSA) is 3.24 Å². The van der Waals surface area contributed by atoms with Gasteiger partial charge in [-0.05, 0) is 31.8 Å². The fourth-order valence-electron chi connectivity index (χ4n) is 2.15. The number of nitrogens with zero attached hydrogens (tertiary/aromatic N) is 1. The summed E-state index contributed by atoms with van der Waals surface area (Å²) in [5.41, 5.74) is 0.583. The molecule has 2 saturated heterocycles. The first-order chi connectivity index (χ1) is 4.31. The summed E-state index contributed by atoms with van der Waals surface area (Å²) in [6.07, 6.45) is 6.58. The third-order valence-electron chi connectivity index (χ3n) is 2.84. The summed E-state index contributed by atoms with van der Waals surface area (Å²) in [6.45, 7) is 4.98. The molecule has 0 bridgehead atoms. The van der Waals surface area contributed by atoms with E-state index in [-0.39, 0.29) is 58.2 Å². The molecule has 1 unspecified atom stereocenters. The second-order valence-electron chi connectivity index (χ2n) is 3.54. The molecule has 2 heteroatoms. The van der Waals surface area contributed by atoms with E-state index < -0.39 is 0 Å². The first-order valence-electron chi connectivity index (χ1n) is 3.88. The first kappa shape index (κ1) is 9.85. The Kier molecular flexibility index (Phi) is 3.60. The molecule has 1 atom stereocenters. The van der Waals surface area contributed by atoms with Crippen molar-refractivity contribution in [3.8, 4) is 0 Å². The van der Waals surface area contributed by atoms with Gasteiger partial charge in [0.2, 0.25) is 0 Å². The fraction of sp³-hybridized carbons (Fsp3) is 0.875. The van der Waals surface area contributed by atoms with E-state index in [1.165, 1.54) is 32.4 Å². The number of hydrogen-bond acceptors (Lipinski definition) is 1. The Morgan fingerprint density at radius 2 is 2.30 bits per heavy atom. The Morgan fingerprint density at radius 1 is 1.50 bits per heavy atom. The van der Waals surface area contributed by atoms with E-state index in [9.17, 15) is 0 Å². The second kappa shape index (κ2) is 3.65. The van der Waals surface area contributed by atoms with E-state index >= 15 is 0 Å². The molecule has 0 radical (unpaired) electrons. The molecule has 0 spiro atoms. The monoisotopic (exact) mass is 209 g/mol. The zero-order chi connectivity index (χ0) is 6.32. The van der Waals surface area contributed by atoms with Crippen LogP contribution >= 0.6 is 0 Å². The molecule has 1 nitrogen and oxygen atoms in total. The van der Waals surface area contributed by atoms with Crippen molar-refractivity contribution in [2.24, 2.45) is 0 Å². The number of hydrogen-bond donors (Lipinski definition) is 0. The predicted molar refractivity (Wildman–Crippen MR) is 38.1 cm³/mol. The Labute approximate surface area is 112 Å². The minimum absolute atomic E-state index is 0. The normalized spacial score (nSPS) is 39.3. The first-order valence-corrected chi connectivity index (χ1v) is 3.88. The van der Waals surface area contributed by atoms with Gasteiger partial charge in [0.05, 0.1) is 0 Å². The molecular formula is C8H14NRb. The fourth-order valence-corrected chi connectivity index (χ4v) is 2.15. The third-order valence-corrected chi connectivity index (χ3v) is 2.84. The third kappa shape index (κ3) is 1.58. The van der Waals surface area contributed by atoms with Crippen molar-refractivity contribution in [2.75, 3.05) is 13.1 Å². The van der Waals surface area contributed by atoms with Crippen LogP contribution in [0.1, 0.15) is 26.2 Å². The van der Waals surface area contributed by atoms with Gasteiger partial charge in [0, 0.05) is 0 Å². The molecule has 0 aromatic carbocycles. The molecule has 52 valence electrons. The molecule has 0 aromatic heterocycles. The molecule has 2 fully saturated rings. The largest absolute Gasteiger partial charge is 1.00 e. The maximum absolute atomic E-state index is 2.60. The van der Waals surface area contributed by atoms with Gasteiger partial charge >= 0.3 is 58.2 Å².